The molecule has 1 heterocycles. The number of aryl methyl sites for hydroxylation is 1. The highest BCUT2D eigenvalue weighted by Crippen LogP contribution is 2.27. The molecule has 1 fully saturated rings. The highest BCUT2D eigenvalue weighted by atomic mass is 16.5. The standard InChI is InChI=1S/C10H14N2O3/c1-7-4-8(11-15-7)5-12(6-10(13)14)9-2-3-9/h4,9H,2-3,5-6H2,1H3,(H,13,14). The summed E-state index contributed by atoms with van der Waals surface area (Å²) in [6, 6.07) is 2.26. The predicted octanol–water partition coefficient (Wildman–Crippen LogP) is 1.03. The van der Waals surface area contributed by atoms with Crippen molar-refractivity contribution in [2.75, 3.05) is 6.54 Å². The number of carboxylic acids is 1. The van der Waals surface area contributed by atoms with Crippen LogP contribution in [0.25, 0.3) is 0 Å². The highest BCUT2D eigenvalue weighted by Gasteiger charge is 2.30. The lowest BCUT2D eigenvalue weighted by Gasteiger charge is -2.17. The Labute approximate surface area is 87.7 Å². The number of carbonyl (C=O) groups is 1. The lowest BCUT2D eigenvalue weighted by Crippen LogP contribution is -2.31. The minimum absolute atomic E-state index is 0.0799. The molecule has 0 unspecified atom stereocenters. The second kappa shape index (κ2) is 4.02. The zero-order chi connectivity index (χ0) is 10.8. The van der Waals surface area contributed by atoms with E-state index in [1.165, 1.54) is 0 Å². The number of aliphatic carboxylic acids is 1. The zero-order valence-corrected chi connectivity index (χ0v) is 8.64. The SMILES string of the molecule is Cc1cc(CN(CC(=O)O)C2CC2)no1. The Bertz CT molecular complexity index is 357. The Kier molecular flexibility index (Phi) is 2.73. The minimum atomic E-state index is -0.790. The van der Waals surface area contributed by atoms with E-state index >= 15 is 0 Å². The fourth-order valence-corrected chi connectivity index (χ4v) is 1.63. The smallest absolute Gasteiger partial charge is 0.317 e. The Hall–Kier alpha value is -1.36. The third-order valence-electron chi connectivity index (χ3n) is 2.44. The largest absolute Gasteiger partial charge is 0.480 e. The molecule has 1 aromatic heterocycles. The molecule has 5 nitrogen and oxygen atoms in total. The molecule has 82 valence electrons. The van der Waals surface area contributed by atoms with E-state index in [9.17, 15) is 4.79 Å². The fraction of sp³-hybridized carbons (Fsp3) is 0.600. The van der Waals surface area contributed by atoms with Crippen LogP contribution in [0.5, 0.6) is 0 Å². The van der Waals surface area contributed by atoms with Gasteiger partial charge < -0.3 is 9.63 Å². The highest BCUT2D eigenvalue weighted by molar-refractivity contribution is 5.69. The molecule has 0 bridgehead atoms. The number of rotatable bonds is 5. The summed E-state index contributed by atoms with van der Waals surface area (Å²) < 4.78 is 4.95. The summed E-state index contributed by atoms with van der Waals surface area (Å²) in [5.74, 6) is -0.0295. The molecule has 0 saturated heterocycles. The quantitative estimate of drug-likeness (QED) is 0.786. The number of hydrogen-bond acceptors (Lipinski definition) is 4. The molecule has 0 radical (unpaired) electrons. The summed E-state index contributed by atoms with van der Waals surface area (Å²) in [6.07, 6.45) is 2.17. The van der Waals surface area contributed by atoms with Gasteiger partial charge in [-0.05, 0) is 19.8 Å². The molecule has 5 heteroatoms. The van der Waals surface area contributed by atoms with Gasteiger partial charge in [0, 0.05) is 18.7 Å². The first kappa shape index (κ1) is 10.2. The van der Waals surface area contributed by atoms with Crippen LogP contribution in [-0.4, -0.2) is 33.7 Å². The van der Waals surface area contributed by atoms with Crippen molar-refractivity contribution < 1.29 is 14.4 Å². The van der Waals surface area contributed by atoms with Crippen LogP contribution in [-0.2, 0) is 11.3 Å². The van der Waals surface area contributed by atoms with Gasteiger partial charge in [0.1, 0.15) is 5.76 Å². The Morgan fingerprint density at radius 2 is 2.47 bits per heavy atom. The monoisotopic (exact) mass is 210 g/mol. The molecule has 0 aliphatic heterocycles. The number of nitrogens with zero attached hydrogens (tertiary/aromatic N) is 2. The zero-order valence-electron chi connectivity index (χ0n) is 8.64. The summed E-state index contributed by atoms with van der Waals surface area (Å²) in [5.41, 5.74) is 0.806. The van der Waals surface area contributed by atoms with Gasteiger partial charge in [-0.25, -0.2) is 0 Å². The topological polar surface area (TPSA) is 66.6 Å². The van der Waals surface area contributed by atoms with E-state index in [1.54, 1.807) is 0 Å². The lowest BCUT2D eigenvalue weighted by molar-refractivity contribution is -0.138. The van der Waals surface area contributed by atoms with Gasteiger partial charge in [0.25, 0.3) is 0 Å². The van der Waals surface area contributed by atoms with Crippen LogP contribution in [0.2, 0.25) is 0 Å². The summed E-state index contributed by atoms with van der Waals surface area (Å²) in [6.45, 7) is 2.47. The molecule has 2 rings (SSSR count). The Balaban J connectivity index is 1.96. The molecule has 0 amide bonds. The van der Waals surface area contributed by atoms with Crippen LogP contribution in [0.1, 0.15) is 24.3 Å². The van der Waals surface area contributed by atoms with Crippen molar-refractivity contribution in [3.8, 4) is 0 Å². The van der Waals surface area contributed by atoms with Gasteiger partial charge in [0.05, 0.1) is 12.2 Å². The van der Waals surface area contributed by atoms with E-state index in [0.717, 1.165) is 24.3 Å². The normalized spacial score (nSPS) is 15.9. The van der Waals surface area contributed by atoms with Crippen LogP contribution >= 0.6 is 0 Å². The van der Waals surface area contributed by atoms with Gasteiger partial charge in [-0.3, -0.25) is 9.69 Å². The van der Waals surface area contributed by atoms with Crippen molar-refractivity contribution >= 4 is 5.97 Å². The predicted molar refractivity (Wildman–Crippen MR) is 52.3 cm³/mol. The summed E-state index contributed by atoms with van der Waals surface area (Å²) in [4.78, 5) is 12.6. The first-order valence-corrected chi connectivity index (χ1v) is 5.03. The van der Waals surface area contributed by atoms with Gasteiger partial charge in [-0.2, -0.15) is 0 Å². The molecular weight excluding hydrogens is 196 g/mol. The van der Waals surface area contributed by atoms with Crippen LogP contribution < -0.4 is 0 Å². The van der Waals surface area contributed by atoms with E-state index < -0.39 is 5.97 Å². The Morgan fingerprint density at radius 1 is 1.73 bits per heavy atom. The minimum Gasteiger partial charge on any atom is -0.480 e. The maximum Gasteiger partial charge on any atom is 0.317 e. The third kappa shape index (κ3) is 2.79. The Morgan fingerprint density at radius 3 is 2.93 bits per heavy atom. The second-order valence-electron chi connectivity index (χ2n) is 3.96. The number of aromatic nitrogens is 1. The lowest BCUT2D eigenvalue weighted by atomic mass is 10.3. The van der Waals surface area contributed by atoms with E-state index in [1.807, 2.05) is 17.9 Å². The molecule has 0 spiro atoms. The molecule has 15 heavy (non-hydrogen) atoms. The van der Waals surface area contributed by atoms with E-state index in [0.29, 0.717) is 12.6 Å². The molecular formula is C10H14N2O3. The fourth-order valence-electron chi connectivity index (χ4n) is 1.63. The van der Waals surface area contributed by atoms with Gasteiger partial charge in [0.2, 0.25) is 0 Å². The average molecular weight is 210 g/mol. The molecule has 1 aliphatic rings. The van der Waals surface area contributed by atoms with Crippen LogP contribution in [0.3, 0.4) is 0 Å². The van der Waals surface area contributed by atoms with Crippen molar-refractivity contribution in [2.24, 2.45) is 0 Å². The molecule has 1 N–H and O–H groups in total. The summed E-state index contributed by atoms with van der Waals surface area (Å²) >= 11 is 0. The number of hydrogen-bond donors (Lipinski definition) is 1. The molecule has 0 atom stereocenters. The third-order valence-corrected chi connectivity index (χ3v) is 2.44. The van der Waals surface area contributed by atoms with Crippen molar-refractivity contribution in [3.63, 3.8) is 0 Å². The molecule has 1 aromatic rings. The first-order chi connectivity index (χ1) is 7.15. The average Bonchev–Trinajstić information content (AvgIpc) is 2.90. The van der Waals surface area contributed by atoms with Gasteiger partial charge in [0.15, 0.2) is 0 Å². The maximum absolute atomic E-state index is 10.7. The summed E-state index contributed by atoms with van der Waals surface area (Å²) in [7, 11) is 0. The molecule has 1 aliphatic carbocycles. The van der Waals surface area contributed by atoms with Crippen molar-refractivity contribution in [2.45, 2.75) is 32.4 Å². The van der Waals surface area contributed by atoms with Crippen LogP contribution in [0.15, 0.2) is 10.6 Å². The molecule has 1 saturated carbocycles. The maximum atomic E-state index is 10.7. The van der Waals surface area contributed by atoms with Crippen molar-refractivity contribution in [3.05, 3.63) is 17.5 Å². The van der Waals surface area contributed by atoms with Crippen molar-refractivity contribution in [1.82, 2.24) is 10.1 Å². The van der Waals surface area contributed by atoms with E-state index in [2.05, 4.69) is 5.16 Å². The van der Waals surface area contributed by atoms with Gasteiger partial charge in [-0.15, -0.1) is 0 Å². The van der Waals surface area contributed by atoms with Gasteiger partial charge >= 0.3 is 5.97 Å². The van der Waals surface area contributed by atoms with Crippen LogP contribution in [0, 0.1) is 6.92 Å². The van der Waals surface area contributed by atoms with Gasteiger partial charge in [-0.1, -0.05) is 5.16 Å². The second-order valence-corrected chi connectivity index (χ2v) is 3.96. The molecule has 0 aromatic carbocycles. The number of carboxylic acid groups (broad SMARTS) is 1. The summed E-state index contributed by atoms with van der Waals surface area (Å²) in [5, 5.41) is 12.6. The van der Waals surface area contributed by atoms with Crippen molar-refractivity contribution in [1.29, 1.82) is 0 Å². The van der Waals surface area contributed by atoms with E-state index in [4.69, 9.17) is 9.63 Å². The van der Waals surface area contributed by atoms with E-state index in [-0.39, 0.29) is 6.54 Å². The van der Waals surface area contributed by atoms with Crippen LogP contribution in [0.4, 0.5) is 0 Å². The first-order valence-electron chi connectivity index (χ1n) is 5.03.